The first kappa shape index (κ1) is 19.4. The predicted molar refractivity (Wildman–Crippen MR) is 86.7 cm³/mol. The Morgan fingerprint density at radius 3 is 2.52 bits per heavy atom. The Hall–Kier alpha value is -1.93. The highest BCUT2D eigenvalue weighted by Crippen LogP contribution is 2.13. The van der Waals surface area contributed by atoms with E-state index in [-0.39, 0.29) is 18.7 Å². The number of carbonyl (C=O) groups excluding carboxylic acids is 3. The second kappa shape index (κ2) is 10.8. The van der Waals surface area contributed by atoms with Gasteiger partial charge in [-0.1, -0.05) is 0 Å². The molecule has 2 fully saturated rings. The molecule has 0 bridgehead atoms. The fourth-order valence-corrected chi connectivity index (χ4v) is 2.54. The quantitative estimate of drug-likeness (QED) is 0.255. The lowest BCUT2D eigenvalue weighted by Crippen LogP contribution is -2.36. The average molecular weight is 355 g/mol. The van der Waals surface area contributed by atoms with Crippen molar-refractivity contribution in [1.29, 1.82) is 0 Å². The van der Waals surface area contributed by atoms with Crippen LogP contribution < -0.4 is 0 Å². The summed E-state index contributed by atoms with van der Waals surface area (Å²) >= 11 is 0. The molecule has 2 aliphatic rings. The molecule has 25 heavy (non-hydrogen) atoms. The molecule has 0 spiro atoms. The zero-order chi connectivity index (χ0) is 17.9. The molecule has 0 aromatic heterocycles. The molecule has 8 nitrogen and oxygen atoms in total. The van der Waals surface area contributed by atoms with Crippen LogP contribution in [0.15, 0.2) is 12.2 Å². The lowest BCUT2D eigenvalue weighted by molar-refractivity contribution is -0.149. The molecular formula is C17H25NO7. The van der Waals surface area contributed by atoms with Gasteiger partial charge in [-0.15, -0.1) is 0 Å². The van der Waals surface area contributed by atoms with Crippen LogP contribution in [0.5, 0.6) is 0 Å². The van der Waals surface area contributed by atoms with E-state index in [1.807, 2.05) is 0 Å². The zero-order valence-electron chi connectivity index (χ0n) is 14.3. The lowest BCUT2D eigenvalue weighted by Gasteiger charge is -2.26. The van der Waals surface area contributed by atoms with Gasteiger partial charge in [-0.05, 0) is 25.8 Å². The molecule has 0 N–H and O–H groups in total. The maximum Gasteiger partial charge on any atom is 0.331 e. The van der Waals surface area contributed by atoms with E-state index >= 15 is 0 Å². The SMILES string of the molecule is O=C(/C=C/C(=O)OCC1CCC(=O)O1)OCCCCN1CCOCC1. The van der Waals surface area contributed by atoms with Crippen molar-refractivity contribution in [3.8, 4) is 0 Å². The number of cyclic esters (lactones) is 1. The van der Waals surface area contributed by atoms with Crippen molar-refractivity contribution in [2.24, 2.45) is 0 Å². The van der Waals surface area contributed by atoms with Crippen molar-refractivity contribution >= 4 is 17.9 Å². The normalized spacial score (nSPS) is 21.3. The van der Waals surface area contributed by atoms with Crippen LogP contribution in [-0.4, -0.2) is 75.0 Å². The van der Waals surface area contributed by atoms with E-state index in [0.717, 1.165) is 57.8 Å². The second-order valence-electron chi connectivity index (χ2n) is 5.94. The van der Waals surface area contributed by atoms with Gasteiger partial charge in [0.15, 0.2) is 0 Å². The van der Waals surface area contributed by atoms with Crippen molar-refractivity contribution in [3.05, 3.63) is 12.2 Å². The van der Waals surface area contributed by atoms with Crippen LogP contribution in [0.1, 0.15) is 25.7 Å². The van der Waals surface area contributed by atoms with Crippen LogP contribution in [0.3, 0.4) is 0 Å². The predicted octanol–water partition coefficient (Wildman–Crippen LogP) is 0.447. The summed E-state index contributed by atoms with van der Waals surface area (Å²) in [6, 6.07) is 0. The molecule has 0 aromatic rings. The summed E-state index contributed by atoms with van der Waals surface area (Å²) in [4.78, 5) is 36.2. The van der Waals surface area contributed by atoms with Crippen LogP contribution >= 0.6 is 0 Å². The summed E-state index contributed by atoms with van der Waals surface area (Å²) in [7, 11) is 0. The van der Waals surface area contributed by atoms with Gasteiger partial charge in [0.1, 0.15) is 12.7 Å². The van der Waals surface area contributed by atoms with E-state index < -0.39 is 11.9 Å². The van der Waals surface area contributed by atoms with Gasteiger partial charge in [-0.3, -0.25) is 9.69 Å². The molecule has 2 aliphatic heterocycles. The number of hydrogen-bond acceptors (Lipinski definition) is 8. The monoisotopic (exact) mass is 355 g/mol. The molecule has 0 aliphatic carbocycles. The molecular weight excluding hydrogens is 330 g/mol. The number of hydrogen-bond donors (Lipinski definition) is 0. The average Bonchev–Trinajstić information content (AvgIpc) is 3.04. The van der Waals surface area contributed by atoms with Crippen molar-refractivity contribution in [1.82, 2.24) is 4.90 Å². The molecule has 0 aromatic carbocycles. The third kappa shape index (κ3) is 8.13. The highest BCUT2D eigenvalue weighted by molar-refractivity contribution is 5.91. The van der Waals surface area contributed by atoms with Gasteiger partial charge >= 0.3 is 17.9 Å². The van der Waals surface area contributed by atoms with Gasteiger partial charge < -0.3 is 18.9 Å². The molecule has 140 valence electrons. The van der Waals surface area contributed by atoms with Gasteiger partial charge in [0.05, 0.1) is 19.8 Å². The summed E-state index contributed by atoms with van der Waals surface area (Å²) in [5.41, 5.74) is 0. The first-order chi connectivity index (χ1) is 12.1. The van der Waals surface area contributed by atoms with E-state index in [1.54, 1.807) is 0 Å². The third-order valence-corrected chi connectivity index (χ3v) is 3.95. The van der Waals surface area contributed by atoms with E-state index in [4.69, 9.17) is 18.9 Å². The van der Waals surface area contributed by atoms with Gasteiger partial charge in [-0.2, -0.15) is 0 Å². The Morgan fingerprint density at radius 1 is 1.12 bits per heavy atom. The van der Waals surface area contributed by atoms with E-state index in [1.165, 1.54) is 0 Å². The Morgan fingerprint density at radius 2 is 1.84 bits per heavy atom. The highest BCUT2D eigenvalue weighted by Gasteiger charge is 2.24. The third-order valence-electron chi connectivity index (χ3n) is 3.95. The van der Waals surface area contributed by atoms with E-state index in [0.29, 0.717) is 19.4 Å². The summed E-state index contributed by atoms with van der Waals surface area (Å²) in [6.45, 7) is 4.74. The summed E-state index contributed by atoms with van der Waals surface area (Å²) in [6.07, 6.45) is 4.28. The molecule has 0 radical (unpaired) electrons. The minimum absolute atomic E-state index is 0.00546. The minimum atomic E-state index is -0.660. The highest BCUT2D eigenvalue weighted by atomic mass is 16.6. The molecule has 1 atom stereocenters. The van der Waals surface area contributed by atoms with Crippen LogP contribution in [0, 0.1) is 0 Å². The van der Waals surface area contributed by atoms with Gasteiger partial charge in [-0.25, -0.2) is 9.59 Å². The Kier molecular flexibility index (Phi) is 8.41. The fourth-order valence-electron chi connectivity index (χ4n) is 2.54. The molecule has 8 heteroatoms. The van der Waals surface area contributed by atoms with E-state index in [9.17, 15) is 14.4 Å². The summed E-state index contributed by atoms with van der Waals surface area (Å²) < 4.78 is 20.1. The van der Waals surface area contributed by atoms with Crippen LogP contribution in [0.2, 0.25) is 0 Å². The van der Waals surface area contributed by atoms with E-state index in [2.05, 4.69) is 4.90 Å². The van der Waals surface area contributed by atoms with Crippen molar-refractivity contribution in [2.75, 3.05) is 46.1 Å². The van der Waals surface area contributed by atoms with Crippen LogP contribution in [0.4, 0.5) is 0 Å². The first-order valence-electron chi connectivity index (χ1n) is 8.64. The topological polar surface area (TPSA) is 91.4 Å². The van der Waals surface area contributed by atoms with Crippen LogP contribution in [0.25, 0.3) is 0 Å². The number of ether oxygens (including phenoxy) is 4. The molecule has 1 unspecified atom stereocenters. The number of esters is 3. The van der Waals surface area contributed by atoms with Crippen molar-refractivity contribution in [2.45, 2.75) is 31.8 Å². The molecule has 2 heterocycles. The molecule has 2 rings (SSSR count). The number of nitrogens with zero attached hydrogens (tertiary/aromatic N) is 1. The molecule has 0 amide bonds. The Bertz CT molecular complexity index is 485. The van der Waals surface area contributed by atoms with Crippen molar-refractivity contribution < 1.29 is 33.3 Å². The standard InChI is InChI=1S/C17H25NO7/c19-15(23-10-2-1-7-18-8-11-22-12-9-18)5-6-16(20)24-13-14-3-4-17(21)25-14/h5-6,14H,1-4,7-13H2/b6-5+. The summed E-state index contributed by atoms with van der Waals surface area (Å²) in [5, 5.41) is 0. The summed E-state index contributed by atoms with van der Waals surface area (Å²) in [5.74, 6) is -1.52. The number of rotatable bonds is 9. The Labute approximate surface area is 147 Å². The maximum absolute atomic E-state index is 11.5. The molecule has 0 saturated carbocycles. The van der Waals surface area contributed by atoms with Crippen molar-refractivity contribution in [3.63, 3.8) is 0 Å². The molecule has 2 saturated heterocycles. The minimum Gasteiger partial charge on any atom is -0.463 e. The second-order valence-corrected chi connectivity index (χ2v) is 5.94. The Balaban J connectivity index is 1.48. The van der Waals surface area contributed by atoms with Gasteiger partial charge in [0.2, 0.25) is 0 Å². The maximum atomic E-state index is 11.5. The lowest BCUT2D eigenvalue weighted by atomic mass is 10.2. The first-order valence-corrected chi connectivity index (χ1v) is 8.64. The fraction of sp³-hybridized carbons (Fsp3) is 0.706. The number of morpholine rings is 1. The van der Waals surface area contributed by atoms with Crippen LogP contribution in [-0.2, 0) is 33.3 Å². The van der Waals surface area contributed by atoms with Gasteiger partial charge in [0, 0.05) is 31.7 Å². The number of carbonyl (C=O) groups is 3. The zero-order valence-corrected chi connectivity index (χ0v) is 14.3. The van der Waals surface area contributed by atoms with Gasteiger partial charge in [0.25, 0.3) is 0 Å². The number of unbranched alkanes of at least 4 members (excludes halogenated alkanes) is 1. The largest absolute Gasteiger partial charge is 0.463 e. The smallest absolute Gasteiger partial charge is 0.331 e.